The lowest BCUT2D eigenvalue weighted by molar-refractivity contribution is 0.109. The summed E-state index contributed by atoms with van der Waals surface area (Å²) in [4.78, 5) is 4.16. The number of benzene rings is 1. The number of rotatable bonds is 3. The quantitative estimate of drug-likeness (QED) is 0.921. The number of aromatic hydroxyl groups is 1. The Bertz CT molecular complexity index is 579. The molecule has 1 N–H and O–H groups in total. The summed E-state index contributed by atoms with van der Waals surface area (Å²) in [7, 11) is 0. The van der Waals surface area contributed by atoms with Gasteiger partial charge in [-0.1, -0.05) is 5.16 Å². The van der Waals surface area contributed by atoms with Gasteiger partial charge in [-0.3, -0.25) is 0 Å². The van der Waals surface area contributed by atoms with Crippen molar-refractivity contribution < 1.29 is 18.8 Å². The summed E-state index contributed by atoms with van der Waals surface area (Å²) >= 11 is 0. The molecule has 1 aromatic heterocycles. The molecule has 2 heterocycles. The molecule has 0 saturated carbocycles. The van der Waals surface area contributed by atoms with E-state index in [4.69, 9.17) is 14.4 Å². The predicted molar refractivity (Wildman–Crippen MR) is 64.0 cm³/mol. The maximum absolute atomic E-state index is 13.6. The average Bonchev–Trinajstić information content (AvgIpc) is 3.01. The highest BCUT2D eigenvalue weighted by atomic mass is 19.1. The fourth-order valence-corrected chi connectivity index (χ4v) is 2.13. The van der Waals surface area contributed by atoms with E-state index in [1.807, 2.05) is 0 Å². The van der Waals surface area contributed by atoms with Crippen molar-refractivity contribution in [2.24, 2.45) is 0 Å². The van der Waals surface area contributed by atoms with Gasteiger partial charge < -0.3 is 14.4 Å². The van der Waals surface area contributed by atoms with Crippen LogP contribution in [0.2, 0.25) is 0 Å². The molecule has 1 atom stereocenters. The van der Waals surface area contributed by atoms with Crippen LogP contribution < -0.4 is 0 Å². The van der Waals surface area contributed by atoms with Crippen LogP contribution in [0.5, 0.6) is 5.75 Å². The van der Waals surface area contributed by atoms with Gasteiger partial charge in [-0.2, -0.15) is 4.98 Å². The molecule has 1 saturated heterocycles. The van der Waals surface area contributed by atoms with Gasteiger partial charge in [0.1, 0.15) is 11.6 Å². The molecule has 1 aromatic carbocycles. The van der Waals surface area contributed by atoms with Crippen LogP contribution in [0.25, 0.3) is 11.5 Å². The first-order chi connectivity index (χ1) is 9.22. The first kappa shape index (κ1) is 12.1. The Morgan fingerprint density at radius 3 is 3.05 bits per heavy atom. The van der Waals surface area contributed by atoms with Crippen LogP contribution in [-0.4, -0.2) is 28.0 Å². The van der Waals surface area contributed by atoms with Gasteiger partial charge in [0, 0.05) is 19.1 Å². The molecule has 5 nitrogen and oxygen atoms in total. The standard InChI is InChI=1S/C13H13FN2O3/c14-11-6-8(17)3-4-10(11)13-15-12(16-19-13)7-9-2-1-5-18-9/h3-4,6,9,17H,1-2,5,7H2. The fraction of sp³-hybridized carbons (Fsp3) is 0.385. The van der Waals surface area contributed by atoms with Gasteiger partial charge in [0.2, 0.25) is 0 Å². The molecule has 0 amide bonds. The van der Waals surface area contributed by atoms with E-state index in [-0.39, 0.29) is 23.3 Å². The molecule has 19 heavy (non-hydrogen) atoms. The molecule has 6 heteroatoms. The van der Waals surface area contributed by atoms with Crippen molar-refractivity contribution in [3.8, 4) is 17.2 Å². The average molecular weight is 264 g/mol. The zero-order valence-corrected chi connectivity index (χ0v) is 10.2. The molecule has 1 aliphatic rings. The van der Waals surface area contributed by atoms with Gasteiger partial charge in [-0.15, -0.1) is 0 Å². The zero-order valence-electron chi connectivity index (χ0n) is 10.2. The smallest absolute Gasteiger partial charge is 0.260 e. The molecule has 0 radical (unpaired) electrons. The number of aromatic nitrogens is 2. The SMILES string of the molecule is Oc1ccc(-c2nc(CC3CCCO3)no2)c(F)c1. The summed E-state index contributed by atoms with van der Waals surface area (Å²) in [5.41, 5.74) is 0.184. The Hall–Kier alpha value is -1.95. The molecule has 0 bridgehead atoms. The van der Waals surface area contributed by atoms with Gasteiger partial charge in [0.15, 0.2) is 5.82 Å². The molecule has 1 unspecified atom stereocenters. The lowest BCUT2D eigenvalue weighted by Gasteiger charge is -2.03. The second kappa shape index (κ2) is 4.97. The number of nitrogens with zero attached hydrogens (tertiary/aromatic N) is 2. The molecule has 2 aromatic rings. The highest BCUT2D eigenvalue weighted by molar-refractivity contribution is 5.55. The Balaban J connectivity index is 1.80. The van der Waals surface area contributed by atoms with Gasteiger partial charge >= 0.3 is 0 Å². The number of ether oxygens (including phenoxy) is 1. The van der Waals surface area contributed by atoms with Gasteiger partial charge in [0.25, 0.3) is 5.89 Å². The van der Waals surface area contributed by atoms with Crippen LogP contribution in [0.3, 0.4) is 0 Å². The Labute approximate surface area is 109 Å². The van der Waals surface area contributed by atoms with E-state index in [1.165, 1.54) is 12.1 Å². The number of hydrogen-bond acceptors (Lipinski definition) is 5. The molecular weight excluding hydrogens is 251 g/mol. The summed E-state index contributed by atoms with van der Waals surface area (Å²) in [5.74, 6) is -0.104. The summed E-state index contributed by atoms with van der Waals surface area (Å²) in [6, 6.07) is 3.80. The Morgan fingerprint density at radius 2 is 2.32 bits per heavy atom. The van der Waals surface area contributed by atoms with E-state index in [9.17, 15) is 4.39 Å². The van der Waals surface area contributed by atoms with Crippen molar-refractivity contribution >= 4 is 0 Å². The molecule has 100 valence electrons. The molecule has 0 aliphatic carbocycles. The van der Waals surface area contributed by atoms with E-state index in [2.05, 4.69) is 10.1 Å². The minimum Gasteiger partial charge on any atom is -0.508 e. The second-order valence-electron chi connectivity index (χ2n) is 4.52. The largest absolute Gasteiger partial charge is 0.508 e. The third kappa shape index (κ3) is 2.58. The van der Waals surface area contributed by atoms with Crippen LogP contribution >= 0.6 is 0 Å². The van der Waals surface area contributed by atoms with Crippen molar-refractivity contribution in [3.05, 3.63) is 29.8 Å². The number of hydrogen-bond donors (Lipinski definition) is 1. The van der Waals surface area contributed by atoms with Crippen molar-refractivity contribution in [2.45, 2.75) is 25.4 Å². The second-order valence-corrected chi connectivity index (χ2v) is 4.52. The van der Waals surface area contributed by atoms with E-state index < -0.39 is 5.82 Å². The Morgan fingerprint density at radius 1 is 1.42 bits per heavy atom. The maximum atomic E-state index is 13.6. The third-order valence-electron chi connectivity index (χ3n) is 3.09. The summed E-state index contributed by atoms with van der Waals surface area (Å²) < 4.78 is 24.2. The van der Waals surface area contributed by atoms with Gasteiger partial charge in [-0.05, 0) is 25.0 Å². The van der Waals surface area contributed by atoms with Crippen LogP contribution in [0.4, 0.5) is 4.39 Å². The molecule has 1 aliphatic heterocycles. The lowest BCUT2D eigenvalue weighted by atomic mass is 10.2. The topological polar surface area (TPSA) is 68.4 Å². The lowest BCUT2D eigenvalue weighted by Crippen LogP contribution is -2.09. The summed E-state index contributed by atoms with van der Waals surface area (Å²) in [6.45, 7) is 0.766. The maximum Gasteiger partial charge on any atom is 0.260 e. The molecule has 0 spiro atoms. The van der Waals surface area contributed by atoms with Crippen LogP contribution in [0.1, 0.15) is 18.7 Å². The van der Waals surface area contributed by atoms with E-state index in [0.29, 0.717) is 12.2 Å². The van der Waals surface area contributed by atoms with Crippen molar-refractivity contribution in [1.82, 2.24) is 10.1 Å². The first-order valence-corrected chi connectivity index (χ1v) is 6.15. The first-order valence-electron chi connectivity index (χ1n) is 6.15. The summed E-state index contributed by atoms with van der Waals surface area (Å²) in [6.07, 6.45) is 2.72. The Kier molecular flexibility index (Phi) is 3.16. The number of halogens is 1. The van der Waals surface area contributed by atoms with E-state index in [1.54, 1.807) is 0 Å². The molecule has 3 rings (SSSR count). The third-order valence-corrected chi connectivity index (χ3v) is 3.09. The zero-order chi connectivity index (χ0) is 13.2. The van der Waals surface area contributed by atoms with Crippen molar-refractivity contribution in [3.63, 3.8) is 0 Å². The summed E-state index contributed by atoms with van der Waals surface area (Å²) in [5, 5.41) is 13.0. The fourth-order valence-electron chi connectivity index (χ4n) is 2.13. The normalized spacial score (nSPS) is 18.9. The predicted octanol–water partition coefficient (Wildman–Crippen LogP) is 2.30. The molecular formula is C13H13FN2O3. The minimum atomic E-state index is -0.590. The van der Waals surface area contributed by atoms with Crippen LogP contribution in [-0.2, 0) is 11.2 Å². The van der Waals surface area contributed by atoms with E-state index >= 15 is 0 Å². The van der Waals surface area contributed by atoms with E-state index in [0.717, 1.165) is 25.5 Å². The van der Waals surface area contributed by atoms with Gasteiger partial charge in [0.05, 0.1) is 11.7 Å². The van der Waals surface area contributed by atoms with Gasteiger partial charge in [-0.25, -0.2) is 4.39 Å². The number of phenols is 1. The number of phenolic OH excluding ortho intramolecular Hbond substituents is 1. The van der Waals surface area contributed by atoms with Crippen molar-refractivity contribution in [2.75, 3.05) is 6.61 Å². The monoisotopic (exact) mass is 264 g/mol. The highest BCUT2D eigenvalue weighted by Crippen LogP contribution is 2.25. The van der Waals surface area contributed by atoms with Crippen LogP contribution in [0, 0.1) is 5.82 Å². The minimum absolute atomic E-state index is 0.116. The van der Waals surface area contributed by atoms with Crippen LogP contribution in [0.15, 0.2) is 22.7 Å². The van der Waals surface area contributed by atoms with Crippen molar-refractivity contribution in [1.29, 1.82) is 0 Å². The highest BCUT2D eigenvalue weighted by Gasteiger charge is 2.20. The molecule has 1 fully saturated rings.